The van der Waals surface area contributed by atoms with E-state index in [9.17, 15) is 4.79 Å². The molecule has 2 aliphatic heterocycles. The molecule has 4 nitrogen and oxygen atoms in total. The number of rotatable bonds is 2. The number of anilines is 1. The average molecular weight is 287 g/mol. The van der Waals surface area contributed by atoms with Gasteiger partial charge < -0.3 is 10.6 Å². The van der Waals surface area contributed by atoms with Gasteiger partial charge in [-0.3, -0.25) is 9.69 Å². The maximum Gasteiger partial charge on any atom is 0.229 e. The molecule has 2 unspecified atom stereocenters. The molecule has 2 saturated heterocycles. The highest BCUT2D eigenvalue weighted by atomic mass is 16.2. The molecule has 2 N–H and O–H groups in total. The monoisotopic (exact) mass is 287 g/mol. The first-order valence-corrected chi connectivity index (χ1v) is 8.03. The van der Waals surface area contributed by atoms with E-state index in [0.29, 0.717) is 6.04 Å². The van der Waals surface area contributed by atoms with Crippen LogP contribution in [0.2, 0.25) is 0 Å². The standard InChI is InChI=1S/C17H25N3O/c1-13(14-5-4-6-15(18)11-14)17(21)20-10-9-19-8-3-2-7-16(19)12-20/h4-6,11,13,16H,2-3,7-10,12,18H2,1H3. The van der Waals surface area contributed by atoms with Crippen molar-refractivity contribution in [3.05, 3.63) is 29.8 Å². The Bertz CT molecular complexity index is 517. The maximum atomic E-state index is 12.8. The smallest absolute Gasteiger partial charge is 0.229 e. The Kier molecular flexibility index (Phi) is 4.15. The highest BCUT2D eigenvalue weighted by molar-refractivity contribution is 5.83. The third kappa shape index (κ3) is 3.05. The minimum Gasteiger partial charge on any atom is -0.399 e. The third-order valence-corrected chi connectivity index (χ3v) is 4.93. The number of carbonyl (C=O) groups is 1. The fraction of sp³-hybridized carbons (Fsp3) is 0.588. The summed E-state index contributed by atoms with van der Waals surface area (Å²) in [6.45, 7) is 5.98. The fourth-order valence-corrected chi connectivity index (χ4v) is 3.60. The van der Waals surface area contributed by atoms with Crippen LogP contribution in [0.5, 0.6) is 0 Å². The van der Waals surface area contributed by atoms with Crippen LogP contribution >= 0.6 is 0 Å². The molecule has 0 saturated carbocycles. The van der Waals surface area contributed by atoms with E-state index in [1.165, 1.54) is 25.8 Å². The molecular formula is C17H25N3O. The molecule has 2 fully saturated rings. The van der Waals surface area contributed by atoms with Crippen LogP contribution in [0.1, 0.15) is 37.7 Å². The lowest BCUT2D eigenvalue weighted by Crippen LogP contribution is -2.56. The lowest BCUT2D eigenvalue weighted by Gasteiger charge is -2.44. The lowest BCUT2D eigenvalue weighted by molar-refractivity contribution is -0.136. The zero-order chi connectivity index (χ0) is 14.8. The second-order valence-electron chi connectivity index (χ2n) is 6.36. The van der Waals surface area contributed by atoms with Gasteiger partial charge in [-0.2, -0.15) is 0 Å². The van der Waals surface area contributed by atoms with Gasteiger partial charge in [-0.05, 0) is 44.0 Å². The minimum absolute atomic E-state index is 0.108. The van der Waals surface area contributed by atoms with Crippen LogP contribution in [-0.2, 0) is 4.79 Å². The van der Waals surface area contributed by atoms with Gasteiger partial charge in [-0.1, -0.05) is 18.6 Å². The quantitative estimate of drug-likeness (QED) is 0.847. The number of benzene rings is 1. The van der Waals surface area contributed by atoms with Crippen molar-refractivity contribution >= 4 is 11.6 Å². The largest absolute Gasteiger partial charge is 0.399 e. The molecule has 0 aliphatic carbocycles. The van der Waals surface area contributed by atoms with Gasteiger partial charge in [0.25, 0.3) is 0 Å². The van der Waals surface area contributed by atoms with Gasteiger partial charge in [0.1, 0.15) is 0 Å². The van der Waals surface area contributed by atoms with Gasteiger partial charge in [-0.25, -0.2) is 0 Å². The number of fused-ring (bicyclic) bond motifs is 1. The molecule has 2 aliphatic rings. The summed E-state index contributed by atoms with van der Waals surface area (Å²) in [6, 6.07) is 8.27. The predicted molar refractivity (Wildman–Crippen MR) is 85.1 cm³/mol. The highest BCUT2D eigenvalue weighted by Crippen LogP contribution is 2.25. The Morgan fingerprint density at radius 2 is 2.14 bits per heavy atom. The van der Waals surface area contributed by atoms with Crippen LogP contribution in [0, 0.1) is 0 Å². The van der Waals surface area contributed by atoms with Crippen molar-refractivity contribution in [1.29, 1.82) is 0 Å². The molecule has 0 spiro atoms. The molecule has 2 heterocycles. The second kappa shape index (κ2) is 6.06. The van der Waals surface area contributed by atoms with Gasteiger partial charge in [0.15, 0.2) is 0 Å². The molecule has 1 amide bonds. The number of nitrogens with zero attached hydrogens (tertiary/aromatic N) is 2. The van der Waals surface area contributed by atoms with Gasteiger partial charge in [0.2, 0.25) is 5.91 Å². The third-order valence-electron chi connectivity index (χ3n) is 4.93. The van der Waals surface area contributed by atoms with Crippen LogP contribution in [0.15, 0.2) is 24.3 Å². The summed E-state index contributed by atoms with van der Waals surface area (Å²) in [4.78, 5) is 17.4. The predicted octanol–water partition coefficient (Wildman–Crippen LogP) is 2.07. The van der Waals surface area contributed by atoms with Crippen LogP contribution in [-0.4, -0.2) is 47.9 Å². The van der Waals surface area contributed by atoms with E-state index in [2.05, 4.69) is 9.80 Å². The first-order valence-electron chi connectivity index (χ1n) is 8.03. The summed E-state index contributed by atoms with van der Waals surface area (Å²) in [5, 5.41) is 0. The summed E-state index contributed by atoms with van der Waals surface area (Å²) in [7, 11) is 0. The molecule has 2 atom stereocenters. The number of piperazine rings is 1. The summed E-state index contributed by atoms with van der Waals surface area (Å²) in [5.74, 6) is 0.134. The summed E-state index contributed by atoms with van der Waals surface area (Å²) >= 11 is 0. The Labute approximate surface area is 126 Å². The summed E-state index contributed by atoms with van der Waals surface area (Å²) < 4.78 is 0. The van der Waals surface area contributed by atoms with Gasteiger partial charge >= 0.3 is 0 Å². The number of hydrogen-bond acceptors (Lipinski definition) is 3. The number of hydrogen-bond donors (Lipinski definition) is 1. The molecule has 0 radical (unpaired) electrons. The van der Waals surface area contributed by atoms with Gasteiger partial charge in [0.05, 0.1) is 5.92 Å². The number of amides is 1. The van der Waals surface area contributed by atoms with E-state index < -0.39 is 0 Å². The molecule has 3 rings (SSSR count). The molecule has 0 bridgehead atoms. The average Bonchev–Trinajstić information content (AvgIpc) is 2.53. The van der Waals surface area contributed by atoms with Gasteiger partial charge in [0, 0.05) is 31.4 Å². The minimum atomic E-state index is -0.108. The van der Waals surface area contributed by atoms with E-state index in [-0.39, 0.29) is 11.8 Å². The van der Waals surface area contributed by atoms with Crippen LogP contribution in [0.4, 0.5) is 5.69 Å². The van der Waals surface area contributed by atoms with Gasteiger partial charge in [-0.15, -0.1) is 0 Å². The molecule has 0 aromatic heterocycles. The fourth-order valence-electron chi connectivity index (χ4n) is 3.60. The number of nitrogen functional groups attached to an aromatic ring is 1. The lowest BCUT2D eigenvalue weighted by atomic mass is 9.96. The molecule has 114 valence electrons. The van der Waals surface area contributed by atoms with Crippen LogP contribution in [0.3, 0.4) is 0 Å². The first kappa shape index (κ1) is 14.4. The van der Waals surface area contributed by atoms with Crippen LogP contribution in [0.25, 0.3) is 0 Å². The van der Waals surface area contributed by atoms with E-state index in [4.69, 9.17) is 5.73 Å². The molecular weight excluding hydrogens is 262 g/mol. The number of carbonyl (C=O) groups excluding carboxylic acids is 1. The number of piperidine rings is 1. The van der Waals surface area contributed by atoms with Crippen molar-refractivity contribution in [1.82, 2.24) is 9.80 Å². The van der Waals surface area contributed by atoms with E-state index in [1.54, 1.807) is 0 Å². The van der Waals surface area contributed by atoms with Crippen molar-refractivity contribution < 1.29 is 4.79 Å². The topological polar surface area (TPSA) is 49.6 Å². The SMILES string of the molecule is CC(C(=O)N1CCN2CCCCC2C1)c1cccc(N)c1. The van der Waals surface area contributed by atoms with Crippen molar-refractivity contribution in [2.24, 2.45) is 0 Å². The van der Waals surface area contributed by atoms with E-state index in [0.717, 1.165) is 30.9 Å². The Balaban J connectivity index is 1.67. The summed E-state index contributed by atoms with van der Waals surface area (Å²) in [6.07, 6.45) is 3.84. The summed E-state index contributed by atoms with van der Waals surface area (Å²) in [5.41, 5.74) is 7.58. The van der Waals surface area contributed by atoms with E-state index >= 15 is 0 Å². The second-order valence-corrected chi connectivity index (χ2v) is 6.36. The molecule has 21 heavy (non-hydrogen) atoms. The first-order chi connectivity index (χ1) is 10.1. The van der Waals surface area contributed by atoms with Crippen LogP contribution < -0.4 is 5.73 Å². The normalized spacial score (nSPS) is 24.4. The Hall–Kier alpha value is -1.55. The zero-order valence-electron chi connectivity index (χ0n) is 12.8. The molecule has 4 heteroatoms. The Morgan fingerprint density at radius 3 is 2.95 bits per heavy atom. The molecule has 1 aromatic rings. The molecule has 1 aromatic carbocycles. The van der Waals surface area contributed by atoms with E-state index in [1.807, 2.05) is 31.2 Å². The van der Waals surface area contributed by atoms with Crippen molar-refractivity contribution in [3.63, 3.8) is 0 Å². The maximum absolute atomic E-state index is 12.8. The zero-order valence-corrected chi connectivity index (χ0v) is 12.8. The number of nitrogens with two attached hydrogens (primary N) is 1. The Morgan fingerprint density at radius 1 is 1.29 bits per heavy atom. The van der Waals surface area contributed by atoms with Crippen molar-refractivity contribution in [2.45, 2.75) is 38.1 Å². The van der Waals surface area contributed by atoms with Crippen molar-refractivity contribution in [2.75, 3.05) is 31.9 Å². The highest BCUT2D eigenvalue weighted by Gasteiger charge is 2.32. The van der Waals surface area contributed by atoms with Crippen molar-refractivity contribution in [3.8, 4) is 0 Å².